The van der Waals surface area contributed by atoms with Gasteiger partial charge >= 0.3 is 6.09 Å². The fourth-order valence-corrected chi connectivity index (χ4v) is 3.29. The number of ether oxygens (including phenoxy) is 3. The lowest BCUT2D eigenvalue weighted by Crippen LogP contribution is -2.26. The first-order valence-corrected chi connectivity index (χ1v) is 11.2. The third-order valence-corrected chi connectivity index (χ3v) is 5.15. The van der Waals surface area contributed by atoms with Crippen molar-refractivity contribution in [2.45, 2.75) is 39.3 Å². The van der Waals surface area contributed by atoms with Crippen LogP contribution in [0.5, 0.6) is 11.5 Å². The van der Waals surface area contributed by atoms with E-state index in [1.165, 1.54) is 20.1 Å². The van der Waals surface area contributed by atoms with E-state index in [-0.39, 0.29) is 29.5 Å². The van der Waals surface area contributed by atoms with Crippen molar-refractivity contribution in [3.8, 4) is 23.0 Å². The number of benzene rings is 2. The molecule has 0 saturated carbocycles. The number of nitrogens with one attached hydrogen (secondary N) is 1. The van der Waals surface area contributed by atoms with E-state index >= 15 is 0 Å². The van der Waals surface area contributed by atoms with Gasteiger partial charge in [0.1, 0.15) is 11.6 Å². The fraction of sp³-hybridized carbons (Fsp3) is 0.320. The van der Waals surface area contributed by atoms with Gasteiger partial charge in [-0.25, -0.2) is 18.6 Å². The van der Waals surface area contributed by atoms with E-state index in [9.17, 15) is 18.4 Å². The van der Waals surface area contributed by atoms with Crippen LogP contribution in [-0.4, -0.2) is 30.7 Å². The van der Waals surface area contributed by atoms with Gasteiger partial charge in [0, 0.05) is 23.7 Å². The number of hydrogen-bond donors (Lipinski definition) is 2. The van der Waals surface area contributed by atoms with E-state index in [1.54, 1.807) is 18.2 Å². The predicted octanol–water partition coefficient (Wildman–Crippen LogP) is 4.89. The number of aromatic nitrogens is 1. The molecule has 3 rings (SSSR count). The van der Waals surface area contributed by atoms with Crippen molar-refractivity contribution >= 4 is 12.0 Å². The highest BCUT2D eigenvalue weighted by Gasteiger charge is 2.27. The average Bonchev–Trinajstić information content (AvgIpc) is 3.29. The molecule has 3 N–H and O–H groups in total. The lowest BCUT2D eigenvalue weighted by Gasteiger charge is -2.11. The van der Waals surface area contributed by atoms with E-state index in [1.807, 2.05) is 6.92 Å². The molecule has 1 aromatic heterocycles. The molecule has 1 atom stereocenters. The first kappa shape index (κ1) is 26.5. The molecule has 0 aliphatic carbocycles. The van der Waals surface area contributed by atoms with Crippen LogP contribution < -0.4 is 20.5 Å². The molecule has 9 nitrogen and oxygen atoms in total. The maximum atomic E-state index is 14.0. The van der Waals surface area contributed by atoms with Gasteiger partial charge in [-0.1, -0.05) is 19.4 Å². The minimum absolute atomic E-state index is 0.0472. The summed E-state index contributed by atoms with van der Waals surface area (Å²) in [4.78, 5) is 28.5. The Kier molecular flexibility index (Phi) is 8.82. The monoisotopic (exact) mass is 503 g/mol. The van der Waals surface area contributed by atoms with Crippen LogP contribution in [0.3, 0.4) is 0 Å². The lowest BCUT2D eigenvalue weighted by molar-refractivity contribution is 0.0904. The molecule has 0 saturated heterocycles. The number of hydrogen-bond acceptors (Lipinski definition) is 7. The van der Waals surface area contributed by atoms with Crippen molar-refractivity contribution in [3.05, 3.63) is 65.1 Å². The van der Waals surface area contributed by atoms with Gasteiger partial charge in [-0.15, -0.1) is 0 Å². The molecule has 0 spiro atoms. The number of amides is 2. The maximum Gasteiger partial charge on any atom is 0.405 e. The molecular formula is C25H27F2N3O6. The van der Waals surface area contributed by atoms with Crippen LogP contribution in [0.1, 0.15) is 54.6 Å². The number of nitrogens with two attached hydrogens (primary N) is 1. The zero-order chi connectivity index (χ0) is 26.2. The Hall–Kier alpha value is -4.15. The summed E-state index contributed by atoms with van der Waals surface area (Å²) < 4.78 is 49.1. The third kappa shape index (κ3) is 6.49. The molecule has 0 aliphatic heterocycles. The van der Waals surface area contributed by atoms with Crippen LogP contribution in [0.15, 0.2) is 40.8 Å². The van der Waals surface area contributed by atoms with Gasteiger partial charge in [-0.2, -0.15) is 0 Å². The highest BCUT2D eigenvalue weighted by molar-refractivity contribution is 5.94. The van der Waals surface area contributed by atoms with Crippen molar-refractivity contribution in [1.29, 1.82) is 0 Å². The minimum Gasteiger partial charge on any atom is -0.493 e. The molecule has 0 fully saturated rings. The van der Waals surface area contributed by atoms with Crippen LogP contribution in [0.25, 0.3) is 11.5 Å². The van der Waals surface area contributed by atoms with Gasteiger partial charge < -0.3 is 29.7 Å². The normalized spacial score (nSPS) is 11.6. The number of nitrogens with zero attached hydrogens (tertiary/aromatic N) is 1. The maximum absolute atomic E-state index is 14.0. The Bertz CT molecular complexity index is 1230. The van der Waals surface area contributed by atoms with Gasteiger partial charge in [0.05, 0.1) is 13.7 Å². The minimum atomic E-state index is -1.07. The van der Waals surface area contributed by atoms with E-state index < -0.39 is 29.7 Å². The smallest absolute Gasteiger partial charge is 0.405 e. The van der Waals surface area contributed by atoms with Crippen LogP contribution >= 0.6 is 0 Å². The Morgan fingerprint density at radius 1 is 1.17 bits per heavy atom. The summed E-state index contributed by atoms with van der Waals surface area (Å²) in [6, 6.07) is 8.00. The summed E-state index contributed by atoms with van der Waals surface area (Å²) in [5, 5.41) is 2.51. The molecular weight excluding hydrogens is 476 g/mol. The molecule has 0 bridgehead atoms. The highest BCUT2D eigenvalue weighted by atomic mass is 19.1. The molecule has 0 radical (unpaired) electrons. The molecule has 3 aromatic rings. The number of halogens is 2. The molecule has 0 aliphatic rings. The van der Waals surface area contributed by atoms with E-state index in [0.717, 1.165) is 18.9 Å². The van der Waals surface area contributed by atoms with E-state index in [4.69, 9.17) is 24.4 Å². The summed E-state index contributed by atoms with van der Waals surface area (Å²) in [6.45, 7) is 3.73. The Labute approximate surface area is 206 Å². The highest BCUT2D eigenvalue weighted by Crippen LogP contribution is 2.34. The van der Waals surface area contributed by atoms with Gasteiger partial charge in [-0.05, 0) is 37.6 Å². The van der Waals surface area contributed by atoms with Crippen molar-refractivity contribution < 1.29 is 37.0 Å². The van der Waals surface area contributed by atoms with Crippen molar-refractivity contribution in [3.63, 3.8) is 0 Å². The van der Waals surface area contributed by atoms with Gasteiger partial charge in [0.2, 0.25) is 5.89 Å². The Morgan fingerprint density at radius 2 is 1.94 bits per heavy atom. The zero-order valence-electron chi connectivity index (χ0n) is 20.1. The number of carbonyl (C=O) groups excluding carboxylic acids is 2. The van der Waals surface area contributed by atoms with Crippen LogP contribution in [0.4, 0.5) is 13.6 Å². The van der Waals surface area contributed by atoms with Gasteiger partial charge in [-0.3, -0.25) is 4.79 Å². The Morgan fingerprint density at radius 3 is 2.61 bits per heavy atom. The zero-order valence-corrected chi connectivity index (χ0v) is 20.1. The molecule has 1 unspecified atom stereocenters. The van der Waals surface area contributed by atoms with Crippen molar-refractivity contribution in [1.82, 2.24) is 10.3 Å². The molecule has 1 heterocycles. The molecule has 36 heavy (non-hydrogen) atoms. The third-order valence-electron chi connectivity index (χ3n) is 5.15. The second-order valence-corrected chi connectivity index (χ2v) is 7.80. The number of rotatable bonds is 11. The van der Waals surface area contributed by atoms with E-state index in [0.29, 0.717) is 29.7 Å². The van der Waals surface area contributed by atoms with Crippen LogP contribution in [0.2, 0.25) is 0 Å². The number of oxazole rings is 1. The van der Waals surface area contributed by atoms with Crippen molar-refractivity contribution in [2.75, 3.05) is 13.7 Å². The first-order chi connectivity index (χ1) is 17.2. The quantitative estimate of drug-likeness (QED) is 0.357. The number of primary amides is 1. The number of unbranched alkanes of at least 4 members (excludes halogenated alkanes) is 1. The fourth-order valence-electron chi connectivity index (χ4n) is 3.29. The Balaban J connectivity index is 1.92. The average molecular weight is 504 g/mol. The molecule has 11 heteroatoms. The predicted molar refractivity (Wildman–Crippen MR) is 126 cm³/mol. The lowest BCUT2D eigenvalue weighted by atomic mass is 10.2. The number of carbonyl (C=O) groups is 2. The SMILES string of the molecule is CCCCOc1cc(-c2nc(C(=O)NCc3ccc(F)cc3F)c(C(C)OC(N)=O)o2)ccc1OC. The standard InChI is InChI=1S/C25H27F2N3O6/c1-4-5-10-34-20-11-15(7-9-19(20)33-3)24-30-21(22(36-24)14(2)35-25(28)32)23(31)29-13-16-6-8-17(26)12-18(16)27/h6-9,11-12,14H,4-5,10,13H2,1-3H3,(H2,28,32)(H,29,31). The van der Waals surface area contributed by atoms with Crippen LogP contribution in [-0.2, 0) is 11.3 Å². The molecule has 2 aromatic carbocycles. The van der Waals surface area contributed by atoms with Crippen molar-refractivity contribution in [2.24, 2.45) is 5.73 Å². The molecule has 2 amide bonds. The summed E-state index contributed by atoms with van der Waals surface area (Å²) in [5.41, 5.74) is 5.47. The topological polar surface area (TPSA) is 126 Å². The summed E-state index contributed by atoms with van der Waals surface area (Å²) in [7, 11) is 1.51. The first-order valence-electron chi connectivity index (χ1n) is 11.2. The number of methoxy groups -OCH3 is 1. The summed E-state index contributed by atoms with van der Waals surface area (Å²) in [5.74, 6) is -1.32. The molecule has 192 valence electrons. The second kappa shape index (κ2) is 12.0. The summed E-state index contributed by atoms with van der Waals surface area (Å²) in [6.07, 6.45) is -0.331. The second-order valence-electron chi connectivity index (χ2n) is 7.80. The van der Waals surface area contributed by atoms with E-state index in [2.05, 4.69) is 10.3 Å². The van der Waals surface area contributed by atoms with Gasteiger partial charge in [0.15, 0.2) is 29.1 Å². The van der Waals surface area contributed by atoms with Crippen LogP contribution in [0, 0.1) is 11.6 Å². The summed E-state index contributed by atoms with van der Waals surface area (Å²) >= 11 is 0. The largest absolute Gasteiger partial charge is 0.493 e. The van der Waals surface area contributed by atoms with Gasteiger partial charge in [0.25, 0.3) is 5.91 Å².